The van der Waals surface area contributed by atoms with Gasteiger partial charge in [-0.25, -0.2) is 0 Å². The molecule has 1 unspecified atom stereocenters. The van der Waals surface area contributed by atoms with Gasteiger partial charge in [0.25, 0.3) is 0 Å². The van der Waals surface area contributed by atoms with Crippen molar-refractivity contribution in [3.05, 3.63) is 0 Å². The van der Waals surface area contributed by atoms with Gasteiger partial charge in [-0.1, -0.05) is 41.5 Å². The fourth-order valence-corrected chi connectivity index (χ4v) is 11.5. The Morgan fingerprint density at radius 2 is 1.42 bits per heavy atom. The average Bonchev–Trinajstić information content (AvgIpc) is 3.04. The van der Waals surface area contributed by atoms with Crippen molar-refractivity contribution in [2.45, 2.75) is 125 Å². The largest absolute Gasteiger partial charge is 0.393 e. The summed E-state index contributed by atoms with van der Waals surface area (Å²) in [5, 5.41) is 21.6. The Kier molecular flexibility index (Phi) is 4.94. The lowest BCUT2D eigenvalue weighted by molar-refractivity contribution is -0.248. The monoisotopic (exact) mass is 430 g/mol. The Morgan fingerprint density at radius 1 is 0.710 bits per heavy atom. The van der Waals surface area contributed by atoms with E-state index in [1.807, 2.05) is 0 Å². The van der Waals surface area contributed by atoms with Crippen molar-refractivity contribution in [1.29, 1.82) is 0 Å². The molecule has 0 bridgehead atoms. The molecule has 31 heavy (non-hydrogen) atoms. The Balaban J connectivity index is 1.54. The summed E-state index contributed by atoms with van der Waals surface area (Å²) < 4.78 is 0. The van der Waals surface area contributed by atoms with E-state index in [1.54, 1.807) is 0 Å². The van der Waals surface area contributed by atoms with Gasteiger partial charge in [-0.2, -0.15) is 0 Å². The zero-order valence-electron chi connectivity index (χ0n) is 21.5. The molecule has 0 heterocycles. The zero-order valence-corrected chi connectivity index (χ0v) is 21.5. The first-order valence-corrected chi connectivity index (χ1v) is 13.7. The molecule has 0 spiro atoms. The molecule has 5 aliphatic carbocycles. The number of hydrogen-bond donors (Lipinski definition) is 2. The molecular weight excluding hydrogens is 380 g/mol. The van der Waals surface area contributed by atoms with Crippen molar-refractivity contribution < 1.29 is 10.2 Å². The summed E-state index contributed by atoms with van der Waals surface area (Å²) in [5.41, 5.74) is 1.65. The Hall–Kier alpha value is -0.0800. The molecule has 5 fully saturated rings. The quantitative estimate of drug-likeness (QED) is 0.478. The molecule has 0 amide bonds. The summed E-state index contributed by atoms with van der Waals surface area (Å²) in [7, 11) is 0. The second-order valence-corrected chi connectivity index (χ2v) is 14.7. The van der Waals surface area contributed by atoms with Gasteiger partial charge in [-0.15, -0.1) is 0 Å². The third-order valence-corrected chi connectivity index (χ3v) is 13.5. The molecule has 0 aliphatic heterocycles. The smallest absolute Gasteiger partial charge is 0.0594 e. The molecule has 0 aromatic carbocycles. The molecule has 2 heteroatoms. The van der Waals surface area contributed by atoms with Gasteiger partial charge in [0.15, 0.2) is 0 Å². The zero-order chi connectivity index (χ0) is 22.6. The third-order valence-electron chi connectivity index (χ3n) is 13.5. The van der Waals surface area contributed by atoms with Gasteiger partial charge >= 0.3 is 0 Å². The van der Waals surface area contributed by atoms with Crippen molar-refractivity contribution in [3.8, 4) is 0 Å². The van der Waals surface area contributed by atoms with E-state index in [0.29, 0.717) is 39.4 Å². The Bertz CT molecular complexity index is 728. The molecule has 0 aromatic heterocycles. The number of rotatable bonds is 1. The number of hydrogen-bond acceptors (Lipinski definition) is 2. The van der Waals surface area contributed by atoms with Crippen LogP contribution in [-0.2, 0) is 0 Å². The molecule has 0 saturated heterocycles. The normalized spacial score (nSPS) is 59.1. The van der Waals surface area contributed by atoms with Gasteiger partial charge in [-0.3, -0.25) is 0 Å². The minimum Gasteiger partial charge on any atom is -0.393 e. The molecule has 11 atom stereocenters. The predicted octanol–water partition coefficient (Wildman–Crippen LogP) is 6.83. The van der Waals surface area contributed by atoms with Crippen LogP contribution in [0.3, 0.4) is 0 Å². The van der Waals surface area contributed by atoms with Gasteiger partial charge in [0.2, 0.25) is 0 Å². The van der Waals surface area contributed by atoms with Crippen molar-refractivity contribution in [2.75, 3.05) is 0 Å². The van der Waals surface area contributed by atoms with Crippen LogP contribution < -0.4 is 0 Å². The summed E-state index contributed by atoms with van der Waals surface area (Å²) in [6.07, 6.45) is 12.6. The lowest BCUT2D eigenvalue weighted by Crippen LogP contribution is -2.66. The van der Waals surface area contributed by atoms with E-state index in [2.05, 4.69) is 48.5 Å². The fourth-order valence-electron chi connectivity index (χ4n) is 11.5. The summed E-state index contributed by atoms with van der Waals surface area (Å²) in [5.74, 6) is 3.41. The van der Waals surface area contributed by atoms with Crippen LogP contribution in [0.15, 0.2) is 0 Å². The van der Waals surface area contributed by atoms with Crippen molar-refractivity contribution in [2.24, 2.45) is 56.7 Å². The van der Waals surface area contributed by atoms with Crippen molar-refractivity contribution in [3.63, 3.8) is 0 Å². The summed E-state index contributed by atoms with van der Waals surface area (Å²) in [6, 6.07) is 0. The van der Waals surface area contributed by atoms with Crippen LogP contribution in [0, 0.1) is 56.7 Å². The molecule has 5 rings (SSSR count). The second-order valence-electron chi connectivity index (χ2n) is 14.7. The number of fused-ring (bicyclic) bond motifs is 7. The van der Waals surface area contributed by atoms with E-state index >= 15 is 0 Å². The van der Waals surface area contributed by atoms with E-state index in [1.165, 1.54) is 57.8 Å². The Labute approximate surface area is 192 Å². The second kappa shape index (κ2) is 6.74. The molecule has 0 radical (unpaired) electrons. The van der Waals surface area contributed by atoms with E-state index in [9.17, 15) is 10.2 Å². The van der Waals surface area contributed by atoms with Crippen molar-refractivity contribution >= 4 is 0 Å². The SMILES string of the molecule is CC(O)[C@@H]1CC[C@]2(C)CC[C@]3(C)[C@H](CC[C@@H]4[C@@]5(C)CC[C@H](O)C(C)(C)[C@@H]5CC[C@]43C)[C@@H]12. The standard InChI is InChI=1S/C29H50O2/c1-18(30)19-10-13-26(4)16-17-28(6)20(24(19)26)8-9-22-27(5)14-12-23(31)25(2,3)21(27)11-15-29(22,28)7/h18-24,30-31H,8-17H2,1-7H3/t18?,19-,20+,21-,22+,23-,24+,26+,27-,28+,29+/m0/s1. The van der Waals surface area contributed by atoms with Gasteiger partial charge in [0, 0.05) is 0 Å². The van der Waals surface area contributed by atoms with E-state index in [4.69, 9.17) is 0 Å². The van der Waals surface area contributed by atoms with Gasteiger partial charge in [0.1, 0.15) is 0 Å². The summed E-state index contributed by atoms with van der Waals surface area (Å²) in [6.45, 7) is 17.3. The molecule has 2 nitrogen and oxygen atoms in total. The van der Waals surface area contributed by atoms with Crippen LogP contribution >= 0.6 is 0 Å². The van der Waals surface area contributed by atoms with Crippen LogP contribution in [0.4, 0.5) is 0 Å². The van der Waals surface area contributed by atoms with Gasteiger partial charge in [-0.05, 0) is 128 Å². The maximum absolute atomic E-state index is 10.9. The van der Waals surface area contributed by atoms with Crippen LogP contribution in [0.5, 0.6) is 0 Å². The molecule has 5 aliphatic rings. The average molecular weight is 431 g/mol. The highest BCUT2D eigenvalue weighted by atomic mass is 16.3. The molecular formula is C29H50O2. The predicted molar refractivity (Wildman–Crippen MR) is 128 cm³/mol. The lowest BCUT2D eigenvalue weighted by Gasteiger charge is -2.73. The van der Waals surface area contributed by atoms with E-state index in [0.717, 1.165) is 18.3 Å². The van der Waals surface area contributed by atoms with Gasteiger partial charge < -0.3 is 10.2 Å². The minimum atomic E-state index is -0.159. The first-order chi connectivity index (χ1) is 14.3. The molecule has 2 N–H and O–H groups in total. The van der Waals surface area contributed by atoms with E-state index < -0.39 is 0 Å². The maximum Gasteiger partial charge on any atom is 0.0594 e. The highest BCUT2D eigenvalue weighted by Crippen LogP contribution is 2.77. The first kappa shape index (κ1) is 22.7. The molecule has 0 aromatic rings. The lowest BCUT2D eigenvalue weighted by atomic mass is 9.32. The summed E-state index contributed by atoms with van der Waals surface area (Å²) >= 11 is 0. The van der Waals surface area contributed by atoms with Crippen LogP contribution in [0.1, 0.15) is 113 Å². The number of aliphatic hydroxyl groups is 2. The highest BCUT2D eigenvalue weighted by Gasteiger charge is 2.70. The molecule has 5 saturated carbocycles. The Morgan fingerprint density at radius 3 is 2.10 bits per heavy atom. The van der Waals surface area contributed by atoms with Crippen molar-refractivity contribution in [1.82, 2.24) is 0 Å². The number of aliphatic hydroxyl groups excluding tert-OH is 2. The third kappa shape index (κ3) is 2.70. The van der Waals surface area contributed by atoms with Gasteiger partial charge in [0.05, 0.1) is 12.2 Å². The maximum atomic E-state index is 10.9. The van der Waals surface area contributed by atoms with Crippen LogP contribution in [0.25, 0.3) is 0 Å². The van der Waals surface area contributed by atoms with Crippen LogP contribution in [-0.4, -0.2) is 22.4 Å². The van der Waals surface area contributed by atoms with Crippen LogP contribution in [0.2, 0.25) is 0 Å². The highest BCUT2D eigenvalue weighted by molar-refractivity contribution is 5.19. The minimum absolute atomic E-state index is 0.0418. The summed E-state index contributed by atoms with van der Waals surface area (Å²) in [4.78, 5) is 0. The fraction of sp³-hybridized carbons (Fsp3) is 1.00. The van der Waals surface area contributed by atoms with E-state index in [-0.39, 0.29) is 17.6 Å². The topological polar surface area (TPSA) is 40.5 Å². The molecule has 178 valence electrons. The first-order valence-electron chi connectivity index (χ1n) is 13.7.